The van der Waals surface area contributed by atoms with Crippen molar-refractivity contribution in [1.29, 1.82) is 0 Å². The first kappa shape index (κ1) is 20.1. The fourth-order valence-electron chi connectivity index (χ4n) is 7.15. The lowest BCUT2D eigenvalue weighted by atomic mass is 9.42. The van der Waals surface area contributed by atoms with E-state index in [2.05, 4.69) is 41.9 Å². The number of aryl methyl sites for hydroxylation is 1. The first-order valence-corrected chi connectivity index (χ1v) is 12.4. The molecule has 3 nitrogen and oxygen atoms in total. The lowest BCUT2D eigenvalue weighted by molar-refractivity contribution is -0.0296. The maximum absolute atomic E-state index is 13.2. The number of carbonyl (C=O) groups is 1. The molecule has 1 aromatic heterocycles. The van der Waals surface area contributed by atoms with E-state index < -0.39 is 0 Å². The second-order valence-electron chi connectivity index (χ2n) is 10.4. The number of carbonyl (C=O) groups excluding carboxylic acids is 1. The van der Waals surface area contributed by atoms with Gasteiger partial charge in [-0.2, -0.15) is 0 Å². The summed E-state index contributed by atoms with van der Waals surface area (Å²) in [6.45, 7) is 2.15. The molecule has 32 heavy (non-hydrogen) atoms. The molecular formula is C27H27FN2OS. The van der Waals surface area contributed by atoms with Crippen LogP contribution in [0.25, 0.3) is 0 Å². The molecule has 5 heteroatoms. The van der Waals surface area contributed by atoms with Crippen molar-refractivity contribution < 1.29 is 9.18 Å². The van der Waals surface area contributed by atoms with E-state index in [0.29, 0.717) is 10.7 Å². The maximum Gasteiger partial charge on any atom is 0.257 e. The quantitative estimate of drug-likeness (QED) is 0.489. The number of rotatable bonds is 4. The van der Waals surface area contributed by atoms with Crippen LogP contribution in [0.15, 0.2) is 53.9 Å². The summed E-state index contributed by atoms with van der Waals surface area (Å²) < 4.78 is 13.2. The van der Waals surface area contributed by atoms with E-state index >= 15 is 0 Å². The smallest absolute Gasteiger partial charge is 0.257 e. The monoisotopic (exact) mass is 446 g/mol. The SMILES string of the molecule is Cc1ccc(C23C[C@H]4C[C@@H](C2)CC(c2csc(NC(=O)c5ccc(F)cc5)n2)(C4)C3)cc1. The van der Waals surface area contributed by atoms with Crippen molar-refractivity contribution in [3.8, 4) is 0 Å². The highest BCUT2D eigenvalue weighted by molar-refractivity contribution is 7.14. The van der Waals surface area contributed by atoms with Crippen molar-refractivity contribution in [3.05, 3.63) is 82.1 Å². The van der Waals surface area contributed by atoms with Crippen LogP contribution in [0.4, 0.5) is 9.52 Å². The predicted molar refractivity (Wildman–Crippen MR) is 126 cm³/mol. The molecule has 4 bridgehead atoms. The van der Waals surface area contributed by atoms with Crippen LogP contribution < -0.4 is 5.32 Å². The summed E-state index contributed by atoms with van der Waals surface area (Å²) in [4.78, 5) is 17.5. The van der Waals surface area contributed by atoms with Gasteiger partial charge in [0.1, 0.15) is 5.82 Å². The number of nitrogens with zero attached hydrogens (tertiary/aromatic N) is 1. The van der Waals surface area contributed by atoms with Crippen molar-refractivity contribution in [2.75, 3.05) is 5.32 Å². The van der Waals surface area contributed by atoms with Gasteiger partial charge < -0.3 is 0 Å². The predicted octanol–water partition coefficient (Wildman–Crippen LogP) is 6.63. The molecule has 2 aromatic carbocycles. The molecule has 4 aliphatic carbocycles. The average molecular weight is 447 g/mol. The zero-order chi connectivity index (χ0) is 21.9. The summed E-state index contributed by atoms with van der Waals surface area (Å²) >= 11 is 1.50. The second kappa shape index (κ2) is 7.24. The molecule has 0 spiro atoms. The van der Waals surface area contributed by atoms with Crippen LogP contribution in [-0.2, 0) is 10.8 Å². The number of thiazole rings is 1. The lowest BCUT2D eigenvalue weighted by Gasteiger charge is -2.62. The van der Waals surface area contributed by atoms with Gasteiger partial charge in [0.25, 0.3) is 5.91 Å². The van der Waals surface area contributed by atoms with E-state index in [1.54, 1.807) is 0 Å². The maximum atomic E-state index is 13.2. The standard InChI is InChI=1S/C27H27FN2OS/c1-17-2-6-21(7-3-17)26-11-18-10-19(12-26)14-27(13-18,16-26)23-15-32-25(29-23)30-24(31)20-4-8-22(28)9-5-20/h2-9,15,18-19H,10-14,16H2,1H3,(H,29,30,31)/t18-,19+,26?,27?. The molecule has 4 fully saturated rings. The number of hydrogen-bond acceptors (Lipinski definition) is 3. The molecule has 4 aliphatic rings. The first-order valence-electron chi connectivity index (χ1n) is 11.5. The molecule has 0 saturated heterocycles. The van der Waals surface area contributed by atoms with Gasteiger partial charge in [0.2, 0.25) is 0 Å². The Morgan fingerprint density at radius 1 is 1.00 bits per heavy atom. The Morgan fingerprint density at radius 2 is 1.66 bits per heavy atom. The van der Waals surface area contributed by atoms with Gasteiger partial charge in [-0.15, -0.1) is 11.3 Å². The molecule has 164 valence electrons. The molecular weight excluding hydrogens is 419 g/mol. The van der Waals surface area contributed by atoms with Gasteiger partial charge in [0.15, 0.2) is 5.13 Å². The van der Waals surface area contributed by atoms with E-state index in [1.165, 1.54) is 78.8 Å². The number of hydrogen-bond donors (Lipinski definition) is 1. The topological polar surface area (TPSA) is 42.0 Å². The third-order valence-electron chi connectivity index (χ3n) is 8.10. The normalized spacial score (nSPS) is 30.4. The summed E-state index contributed by atoms with van der Waals surface area (Å²) in [5.41, 5.74) is 4.79. The summed E-state index contributed by atoms with van der Waals surface area (Å²) in [5.74, 6) is 0.933. The average Bonchev–Trinajstić information content (AvgIpc) is 3.23. The van der Waals surface area contributed by atoms with Crippen molar-refractivity contribution in [2.24, 2.45) is 11.8 Å². The highest BCUT2D eigenvalue weighted by Crippen LogP contribution is 2.66. The Labute approximate surface area is 192 Å². The molecule has 1 heterocycles. The van der Waals surface area contributed by atoms with E-state index in [9.17, 15) is 9.18 Å². The second-order valence-corrected chi connectivity index (χ2v) is 11.2. The highest BCUT2D eigenvalue weighted by atomic mass is 32.1. The van der Waals surface area contributed by atoms with Crippen LogP contribution in [0.3, 0.4) is 0 Å². The fourth-order valence-corrected chi connectivity index (χ4v) is 7.98. The van der Waals surface area contributed by atoms with E-state index in [-0.39, 0.29) is 22.6 Å². The molecule has 2 unspecified atom stereocenters. The Morgan fingerprint density at radius 3 is 2.34 bits per heavy atom. The minimum absolute atomic E-state index is 0.115. The zero-order valence-electron chi connectivity index (χ0n) is 18.2. The molecule has 0 aliphatic heterocycles. The third kappa shape index (κ3) is 3.29. The first-order chi connectivity index (χ1) is 15.4. The number of halogens is 1. The van der Waals surface area contributed by atoms with Gasteiger partial charge >= 0.3 is 0 Å². The number of aromatic nitrogens is 1. The Bertz CT molecular complexity index is 1150. The molecule has 1 N–H and O–H groups in total. The summed E-state index contributed by atoms with van der Waals surface area (Å²) in [6.07, 6.45) is 7.54. The van der Waals surface area contributed by atoms with Crippen LogP contribution in [-0.4, -0.2) is 10.9 Å². The van der Waals surface area contributed by atoms with E-state index in [4.69, 9.17) is 4.98 Å². The Kier molecular flexibility index (Phi) is 4.55. The Hall–Kier alpha value is -2.53. The molecule has 0 radical (unpaired) electrons. The van der Waals surface area contributed by atoms with Crippen molar-refractivity contribution >= 4 is 22.4 Å². The molecule has 3 aromatic rings. The number of nitrogens with one attached hydrogen (secondary N) is 1. The van der Waals surface area contributed by atoms with Crippen molar-refractivity contribution in [2.45, 2.75) is 56.3 Å². The lowest BCUT2D eigenvalue weighted by Crippen LogP contribution is -2.56. The van der Waals surface area contributed by atoms with Crippen LogP contribution in [0, 0.1) is 24.6 Å². The molecule has 1 amide bonds. The van der Waals surface area contributed by atoms with E-state index in [0.717, 1.165) is 24.0 Å². The van der Waals surface area contributed by atoms with E-state index in [1.807, 2.05) is 0 Å². The van der Waals surface area contributed by atoms with Gasteiger partial charge in [-0.3, -0.25) is 10.1 Å². The van der Waals surface area contributed by atoms with Crippen LogP contribution >= 0.6 is 11.3 Å². The van der Waals surface area contributed by atoms with Crippen LogP contribution in [0.5, 0.6) is 0 Å². The zero-order valence-corrected chi connectivity index (χ0v) is 19.1. The Balaban J connectivity index is 1.28. The highest BCUT2D eigenvalue weighted by Gasteiger charge is 2.59. The summed E-state index contributed by atoms with van der Waals surface area (Å²) in [5, 5.41) is 5.72. The molecule has 4 saturated carbocycles. The third-order valence-corrected chi connectivity index (χ3v) is 8.86. The molecule has 7 rings (SSSR count). The summed E-state index contributed by atoms with van der Waals surface area (Å²) in [6, 6.07) is 14.8. The molecule has 4 atom stereocenters. The van der Waals surface area contributed by atoms with Gasteiger partial charge in [-0.05, 0) is 92.5 Å². The van der Waals surface area contributed by atoms with Gasteiger partial charge in [-0.1, -0.05) is 29.8 Å². The van der Waals surface area contributed by atoms with Gasteiger partial charge in [0.05, 0.1) is 5.69 Å². The number of amides is 1. The van der Waals surface area contributed by atoms with Crippen molar-refractivity contribution in [1.82, 2.24) is 4.98 Å². The van der Waals surface area contributed by atoms with Gasteiger partial charge in [-0.25, -0.2) is 9.37 Å². The largest absolute Gasteiger partial charge is 0.298 e. The van der Waals surface area contributed by atoms with Crippen LogP contribution in [0.2, 0.25) is 0 Å². The number of benzene rings is 2. The minimum Gasteiger partial charge on any atom is -0.298 e. The van der Waals surface area contributed by atoms with Crippen molar-refractivity contribution in [3.63, 3.8) is 0 Å². The minimum atomic E-state index is -0.345. The fraction of sp³-hybridized carbons (Fsp3) is 0.407. The number of anilines is 1. The van der Waals surface area contributed by atoms with Crippen LogP contribution in [0.1, 0.15) is 65.7 Å². The summed E-state index contributed by atoms with van der Waals surface area (Å²) in [7, 11) is 0. The van der Waals surface area contributed by atoms with Gasteiger partial charge in [0, 0.05) is 16.4 Å².